The summed E-state index contributed by atoms with van der Waals surface area (Å²) in [5, 5.41) is 0. The molecule has 1 heterocycles. The number of hydrogen-bond donors (Lipinski definition) is 1. The minimum Gasteiger partial charge on any atom is -0.392 e. The van der Waals surface area contributed by atoms with Gasteiger partial charge in [0.15, 0.2) is 0 Å². The number of thiocarbonyl (C=S) groups is 1. The molecule has 2 fully saturated rings. The molecule has 1 saturated heterocycles. The summed E-state index contributed by atoms with van der Waals surface area (Å²) in [7, 11) is 0. The lowest BCUT2D eigenvalue weighted by Gasteiger charge is -2.42. The van der Waals surface area contributed by atoms with Crippen LogP contribution in [0.25, 0.3) is 0 Å². The lowest BCUT2D eigenvalue weighted by atomic mass is 9.88. The van der Waals surface area contributed by atoms with Crippen molar-refractivity contribution in [2.24, 2.45) is 5.73 Å². The highest BCUT2D eigenvalue weighted by atomic mass is 32.1. The molecule has 98 valence electrons. The molecule has 3 nitrogen and oxygen atoms in total. The standard InChI is InChI=1S/C13H24N2OS/c1-2-15(10-12(14)17)11-5-8-16-13(9-11)6-3-4-7-13/h11H,2-10H2,1H3,(H2,14,17). The predicted molar refractivity (Wildman–Crippen MR) is 74.2 cm³/mol. The summed E-state index contributed by atoms with van der Waals surface area (Å²) >= 11 is 5.04. The Bertz CT molecular complexity index is 277. The van der Waals surface area contributed by atoms with E-state index >= 15 is 0 Å². The SMILES string of the molecule is CCN(CC(N)=S)C1CCOC2(CCCC2)C1. The highest BCUT2D eigenvalue weighted by Crippen LogP contribution is 2.41. The third kappa shape index (κ3) is 3.18. The first-order valence-corrected chi connectivity index (χ1v) is 7.22. The van der Waals surface area contributed by atoms with Crippen molar-refractivity contribution in [3.05, 3.63) is 0 Å². The number of nitrogens with zero attached hydrogens (tertiary/aromatic N) is 1. The number of nitrogens with two attached hydrogens (primary N) is 1. The van der Waals surface area contributed by atoms with Crippen LogP contribution in [0.2, 0.25) is 0 Å². The van der Waals surface area contributed by atoms with Crippen molar-refractivity contribution < 1.29 is 4.74 Å². The van der Waals surface area contributed by atoms with E-state index in [1.165, 1.54) is 32.1 Å². The van der Waals surface area contributed by atoms with Crippen LogP contribution in [0.1, 0.15) is 45.4 Å². The summed E-state index contributed by atoms with van der Waals surface area (Å²) in [6.45, 7) is 4.87. The van der Waals surface area contributed by atoms with Crippen molar-refractivity contribution in [1.29, 1.82) is 0 Å². The molecule has 2 N–H and O–H groups in total. The molecule has 0 aromatic rings. The average Bonchev–Trinajstić information content (AvgIpc) is 2.74. The third-order valence-electron chi connectivity index (χ3n) is 4.26. The molecule has 17 heavy (non-hydrogen) atoms. The van der Waals surface area contributed by atoms with Gasteiger partial charge in [0.05, 0.1) is 10.6 Å². The highest BCUT2D eigenvalue weighted by Gasteiger charge is 2.41. The molecule has 1 atom stereocenters. The first-order valence-electron chi connectivity index (χ1n) is 6.81. The number of ether oxygens (including phenoxy) is 1. The van der Waals surface area contributed by atoms with Gasteiger partial charge in [-0.15, -0.1) is 0 Å². The number of rotatable bonds is 4. The second-order valence-corrected chi connectivity index (χ2v) is 5.94. The van der Waals surface area contributed by atoms with Crippen LogP contribution in [0.4, 0.5) is 0 Å². The van der Waals surface area contributed by atoms with Crippen LogP contribution < -0.4 is 5.73 Å². The maximum Gasteiger partial charge on any atom is 0.0870 e. The fraction of sp³-hybridized carbons (Fsp3) is 0.923. The Morgan fingerprint density at radius 2 is 2.18 bits per heavy atom. The van der Waals surface area contributed by atoms with E-state index in [0.717, 1.165) is 26.1 Å². The lowest BCUT2D eigenvalue weighted by Crippen LogP contribution is -2.49. The maximum absolute atomic E-state index is 6.07. The van der Waals surface area contributed by atoms with Crippen molar-refractivity contribution in [2.75, 3.05) is 19.7 Å². The smallest absolute Gasteiger partial charge is 0.0870 e. The molecule has 1 aliphatic heterocycles. The first kappa shape index (κ1) is 13.2. The summed E-state index contributed by atoms with van der Waals surface area (Å²) in [4.78, 5) is 3.03. The van der Waals surface area contributed by atoms with Crippen molar-refractivity contribution >= 4 is 17.2 Å². The number of likely N-dealkylation sites (N-methyl/N-ethyl adjacent to an activating group) is 1. The van der Waals surface area contributed by atoms with Crippen molar-refractivity contribution in [3.63, 3.8) is 0 Å². The molecule has 1 aliphatic carbocycles. The van der Waals surface area contributed by atoms with Crippen molar-refractivity contribution in [1.82, 2.24) is 4.90 Å². The molecular formula is C13H24N2OS. The Labute approximate surface area is 110 Å². The van der Waals surface area contributed by atoms with E-state index in [9.17, 15) is 0 Å². The van der Waals surface area contributed by atoms with Gasteiger partial charge in [0, 0.05) is 19.2 Å². The van der Waals surface area contributed by atoms with Crippen LogP contribution in [0.3, 0.4) is 0 Å². The van der Waals surface area contributed by atoms with E-state index in [1.54, 1.807) is 0 Å². The van der Waals surface area contributed by atoms with E-state index in [-0.39, 0.29) is 5.60 Å². The maximum atomic E-state index is 6.07. The Hall–Kier alpha value is -0.190. The molecule has 1 saturated carbocycles. The molecule has 0 amide bonds. The molecule has 0 radical (unpaired) electrons. The molecule has 0 aromatic carbocycles. The Morgan fingerprint density at radius 3 is 2.76 bits per heavy atom. The fourth-order valence-corrected chi connectivity index (χ4v) is 3.55. The van der Waals surface area contributed by atoms with Gasteiger partial charge < -0.3 is 10.5 Å². The van der Waals surface area contributed by atoms with Crippen LogP contribution >= 0.6 is 12.2 Å². The molecular weight excluding hydrogens is 232 g/mol. The van der Waals surface area contributed by atoms with Crippen LogP contribution in [0.15, 0.2) is 0 Å². The summed E-state index contributed by atoms with van der Waals surface area (Å²) in [5.41, 5.74) is 5.87. The predicted octanol–water partition coefficient (Wildman–Crippen LogP) is 2.09. The van der Waals surface area contributed by atoms with E-state index in [1.807, 2.05) is 0 Å². The van der Waals surface area contributed by atoms with E-state index in [4.69, 9.17) is 22.7 Å². The second kappa shape index (κ2) is 5.63. The fourth-order valence-electron chi connectivity index (χ4n) is 3.38. The molecule has 2 rings (SSSR count). The third-order valence-corrected chi connectivity index (χ3v) is 4.39. The second-order valence-electron chi connectivity index (χ2n) is 5.41. The topological polar surface area (TPSA) is 38.5 Å². The molecule has 4 heteroatoms. The zero-order valence-electron chi connectivity index (χ0n) is 10.8. The average molecular weight is 256 g/mol. The normalized spacial score (nSPS) is 27.8. The molecule has 0 bridgehead atoms. The highest BCUT2D eigenvalue weighted by molar-refractivity contribution is 7.80. The van der Waals surface area contributed by atoms with Gasteiger partial charge >= 0.3 is 0 Å². The van der Waals surface area contributed by atoms with E-state index in [0.29, 0.717) is 11.0 Å². The Balaban J connectivity index is 1.97. The van der Waals surface area contributed by atoms with Gasteiger partial charge in [-0.25, -0.2) is 0 Å². The molecule has 2 aliphatic rings. The lowest BCUT2D eigenvalue weighted by molar-refractivity contribution is -0.0994. The Morgan fingerprint density at radius 1 is 1.47 bits per heavy atom. The summed E-state index contributed by atoms with van der Waals surface area (Å²) in [5.74, 6) is 0. The van der Waals surface area contributed by atoms with Crippen LogP contribution in [-0.2, 0) is 4.74 Å². The molecule has 1 unspecified atom stereocenters. The largest absolute Gasteiger partial charge is 0.392 e. The summed E-state index contributed by atoms with van der Waals surface area (Å²) < 4.78 is 6.07. The van der Waals surface area contributed by atoms with Gasteiger partial charge in [0.25, 0.3) is 0 Å². The van der Waals surface area contributed by atoms with Gasteiger partial charge in [-0.2, -0.15) is 0 Å². The zero-order valence-corrected chi connectivity index (χ0v) is 11.6. The van der Waals surface area contributed by atoms with Gasteiger partial charge in [-0.05, 0) is 32.2 Å². The summed E-state index contributed by atoms with van der Waals surface area (Å²) in [6, 6.07) is 0.605. The molecule has 1 spiro atoms. The van der Waals surface area contributed by atoms with E-state index < -0.39 is 0 Å². The van der Waals surface area contributed by atoms with E-state index in [2.05, 4.69) is 11.8 Å². The van der Waals surface area contributed by atoms with Crippen LogP contribution in [-0.4, -0.2) is 41.2 Å². The van der Waals surface area contributed by atoms with Gasteiger partial charge in [-0.1, -0.05) is 32.0 Å². The van der Waals surface area contributed by atoms with Gasteiger partial charge in [0.2, 0.25) is 0 Å². The summed E-state index contributed by atoms with van der Waals surface area (Å²) in [6.07, 6.45) is 7.44. The minimum absolute atomic E-state index is 0.187. The quantitative estimate of drug-likeness (QED) is 0.782. The first-order chi connectivity index (χ1) is 8.15. The molecule has 0 aromatic heterocycles. The number of hydrogen-bond acceptors (Lipinski definition) is 3. The van der Waals surface area contributed by atoms with Crippen molar-refractivity contribution in [2.45, 2.75) is 57.1 Å². The van der Waals surface area contributed by atoms with Crippen LogP contribution in [0, 0.1) is 0 Å². The monoisotopic (exact) mass is 256 g/mol. The van der Waals surface area contributed by atoms with Gasteiger partial charge in [-0.3, -0.25) is 4.90 Å². The zero-order chi connectivity index (χ0) is 12.3. The van der Waals surface area contributed by atoms with Gasteiger partial charge in [0.1, 0.15) is 0 Å². The Kier molecular flexibility index (Phi) is 4.39. The van der Waals surface area contributed by atoms with Crippen molar-refractivity contribution in [3.8, 4) is 0 Å². The minimum atomic E-state index is 0.187. The van der Waals surface area contributed by atoms with Crippen LogP contribution in [0.5, 0.6) is 0 Å².